The SMILES string of the molecule is Cc1nn(C)c(C)c1CNC(=O)Cc1ccc(C#N)cc1. The van der Waals surface area contributed by atoms with Gasteiger partial charge in [-0.05, 0) is 31.5 Å². The second kappa shape index (κ2) is 6.23. The van der Waals surface area contributed by atoms with Crippen molar-refractivity contribution in [1.82, 2.24) is 15.1 Å². The lowest BCUT2D eigenvalue weighted by molar-refractivity contribution is -0.120. The molecule has 1 N–H and O–H groups in total. The van der Waals surface area contributed by atoms with Crippen molar-refractivity contribution >= 4 is 5.91 Å². The van der Waals surface area contributed by atoms with Crippen LogP contribution in [0.25, 0.3) is 0 Å². The number of carbonyl (C=O) groups is 1. The molecule has 0 bridgehead atoms. The predicted molar refractivity (Wildman–Crippen MR) is 79.4 cm³/mol. The molecule has 2 rings (SSSR count). The van der Waals surface area contributed by atoms with E-state index in [0.29, 0.717) is 18.5 Å². The summed E-state index contributed by atoms with van der Waals surface area (Å²) in [7, 11) is 1.89. The monoisotopic (exact) mass is 282 g/mol. The molecule has 0 fully saturated rings. The van der Waals surface area contributed by atoms with Crippen LogP contribution in [0.2, 0.25) is 0 Å². The van der Waals surface area contributed by atoms with Gasteiger partial charge in [-0.1, -0.05) is 12.1 Å². The van der Waals surface area contributed by atoms with Gasteiger partial charge in [-0.25, -0.2) is 0 Å². The molecule has 0 aliphatic carbocycles. The molecule has 5 heteroatoms. The van der Waals surface area contributed by atoms with Gasteiger partial charge in [-0.3, -0.25) is 9.48 Å². The van der Waals surface area contributed by atoms with Crippen LogP contribution in [0.3, 0.4) is 0 Å². The summed E-state index contributed by atoms with van der Waals surface area (Å²) in [6.07, 6.45) is 0.310. The van der Waals surface area contributed by atoms with E-state index in [1.807, 2.05) is 25.6 Å². The van der Waals surface area contributed by atoms with Crippen molar-refractivity contribution in [2.24, 2.45) is 7.05 Å². The van der Waals surface area contributed by atoms with Crippen molar-refractivity contribution in [3.8, 4) is 6.07 Å². The summed E-state index contributed by atoms with van der Waals surface area (Å²) >= 11 is 0. The van der Waals surface area contributed by atoms with Gasteiger partial charge >= 0.3 is 0 Å². The van der Waals surface area contributed by atoms with Crippen LogP contribution in [0, 0.1) is 25.2 Å². The van der Waals surface area contributed by atoms with Gasteiger partial charge in [0.05, 0.1) is 23.7 Å². The molecule has 0 spiro atoms. The third-order valence-corrected chi connectivity index (χ3v) is 3.57. The normalized spacial score (nSPS) is 10.2. The van der Waals surface area contributed by atoms with Crippen LogP contribution in [0.5, 0.6) is 0 Å². The zero-order valence-electron chi connectivity index (χ0n) is 12.5. The molecule has 0 aliphatic heterocycles. The van der Waals surface area contributed by atoms with E-state index in [4.69, 9.17) is 5.26 Å². The predicted octanol–water partition coefficient (Wildman–Crippen LogP) is 1.77. The number of aromatic nitrogens is 2. The van der Waals surface area contributed by atoms with Gasteiger partial charge in [0.2, 0.25) is 5.91 Å². The maximum Gasteiger partial charge on any atom is 0.224 e. The Hall–Kier alpha value is -2.61. The number of aryl methyl sites for hydroxylation is 2. The van der Waals surface area contributed by atoms with Crippen LogP contribution in [-0.2, 0) is 24.8 Å². The minimum absolute atomic E-state index is 0.0395. The maximum atomic E-state index is 12.0. The molecular formula is C16H18N4O. The number of nitrogens with zero attached hydrogens (tertiary/aromatic N) is 3. The molecule has 1 heterocycles. The third-order valence-electron chi connectivity index (χ3n) is 3.57. The number of nitrogens with one attached hydrogen (secondary N) is 1. The van der Waals surface area contributed by atoms with E-state index in [1.54, 1.807) is 24.3 Å². The summed E-state index contributed by atoms with van der Waals surface area (Å²) in [5.74, 6) is -0.0395. The minimum atomic E-state index is -0.0395. The fourth-order valence-electron chi connectivity index (χ4n) is 2.21. The van der Waals surface area contributed by atoms with Gasteiger partial charge in [0.25, 0.3) is 0 Å². The van der Waals surface area contributed by atoms with Gasteiger partial charge in [0.15, 0.2) is 0 Å². The lowest BCUT2D eigenvalue weighted by atomic mass is 10.1. The quantitative estimate of drug-likeness (QED) is 0.929. The Bertz CT molecular complexity index is 692. The van der Waals surface area contributed by atoms with Gasteiger partial charge in [0, 0.05) is 24.8 Å². The molecule has 0 aliphatic rings. The first kappa shape index (κ1) is 14.8. The van der Waals surface area contributed by atoms with Crippen molar-refractivity contribution in [3.05, 3.63) is 52.3 Å². The van der Waals surface area contributed by atoms with Gasteiger partial charge in [-0.15, -0.1) is 0 Å². The molecule has 1 amide bonds. The highest BCUT2D eigenvalue weighted by Gasteiger charge is 2.10. The van der Waals surface area contributed by atoms with Crippen molar-refractivity contribution in [3.63, 3.8) is 0 Å². The molecule has 21 heavy (non-hydrogen) atoms. The molecule has 0 atom stereocenters. The van der Waals surface area contributed by atoms with Crippen LogP contribution >= 0.6 is 0 Å². The first-order valence-corrected chi connectivity index (χ1v) is 6.76. The minimum Gasteiger partial charge on any atom is -0.352 e. The van der Waals surface area contributed by atoms with Crippen molar-refractivity contribution < 1.29 is 4.79 Å². The summed E-state index contributed by atoms with van der Waals surface area (Å²) in [6, 6.07) is 9.11. The molecule has 1 aromatic carbocycles. The Kier molecular flexibility index (Phi) is 4.39. The Balaban J connectivity index is 1.94. The first-order chi connectivity index (χ1) is 10.0. The number of nitriles is 1. The zero-order chi connectivity index (χ0) is 15.4. The number of amides is 1. The average Bonchev–Trinajstić information content (AvgIpc) is 2.71. The molecule has 0 saturated heterocycles. The van der Waals surface area contributed by atoms with E-state index in [2.05, 4.69) is 16.5 Å². The van der Waals surface area contributed by atoms with E-state index < -0.39 is 0 Å². The molecule has 0 saturated carbocycles. The van der Waals surface area contributed by atoms with Crippen LogP contribution in [-0.4, -0.2) is 15.7 Å². The Morgan fingerprint density at radius 1 is 1.33 bits per heavy atom. The van der Waals surface area contributed by atoms with E-state index in [0.717, 1.165) is 22.5 Å². The molecule has 5 nitrogen and oxygen atoms in total. The number of hydrogen-bond donors (Lipinski definition) is 1. The Morgan fingerprint density at radius 3 is 2.52 bits per heavy atom. The number of rotatable bonds is 4. The topological polar surface area (TPSA) is 70.7 Å². The second-order valence-electron chi connectivity index (χ2n) is 5.04. The molecule has 2 aromatic rings. The zero-order valence-corrected chi connectivity index (χ0v) is 12.5. The van der Waals surface area contributed by atoms with E-state index in [1.165, 1.54) is 0 Å². The highest BCUT2D eigenvalue weighted by atomic mass is 16.1. The fraction of sp³-hybridized carbons (Fsp3) is 0.312. The lowest BCUT2D eigenvalue weighted by Crippen LogP contribution is -2.25. The summed E-state index contributed by atoms with van der Waals surface area (Å²) in [6.45, 7) is 4.41. The number of benzene rings is 1. The second-order valence-corrected chi connectivity index (χ2v) is 5.04. The summed E-state index contributed by atoms with van der Waals surface area (Å²) < 4.78 is 1.82. The highest BCUT2D eigenvalue weighted by molar-refractivity contribution is 5.78. The maximum absolute atomic E-state index is 12.0. The molecule has 0 unspecified atom stereocenters. The smallest absolute Gasteiger partial charge is 0.224 e. The molecular weight excluding hydrogens is 264 g/mol. The standard InChI is InChI=1S/C16H18N4O/c1-11-15(12(2)20(3)19-11)10-18-16(21)8-13-4-6-14(9-17)7-5-13/h4-7H,8,10H2,1-3H3,(H,18,21). The van der Waals surface area contributed by atoms with Crippen LogP contribution in [0.15, 0.2) is 24.3 Å². The van der Waals surface area contributed by atoms with Gasteiger partial charge < -0.3 is 5.32 Å². The van der Waals surface area contributed by atoms with Crippen LogP contribution < -0.4 is 5.32 Å². The Morgan fingerprint density at radius 2 is 2.00 bits per heavy atom. The lowest BCUT2D eigenvalue weighted by Gasteiger charge is -2.06. The molecule has 108 valence electrons. The van der Waals surface area contributed by atoms with E-state index >= 15 is 0 Å². The number of carbonyl (C=O) groups excluding carboxylic acids is 1. The number of hydrogen-bond acceptors (Lipinski definition) is 3. The van der Waals surface area contributed by atoms with Crippen molar-refractivity contribution in [2.45, 2.75) is 26.8 Å². The highest BCUT2D eigenvalue weighted by Crippen LogP contribution is 2.11. The largest absolute Gasteiger partial charge is 0.352 e. The summed E-state index contributed by atoms with van der Waals surface area (Å²) in [5.41, 5.74) is 4.55. The molecule has 0 radical (unpaired) electrons. The van der Waals surface area contributed by atoms with Crippen LogP contribution in [0.4, 0.5) is 0 Å². The summed E-state index contributed by atoms with van der Waals surface area (Å²) in [5, 5.41) is 16.0. The first-order valence-electron chi connectivity index (χ1n) is 6.76. The Labute approximate surface area is 124 Å². The van der Waals surface area contributed by atoms with Gasteiger partial charge in [-0.2, -0.15) is 10.4 Å². The third kappa shape index (κ3) is 3.48. The van der Waals surface area contributed by atoms with Crippen molar-refractivity contribution in [2.75, 3.05) is 0 Å². The van der Waals surface area contributed by atoms with E-state index in [9.17, 15) is 4.79 Å². The van der Waals surface area contributed by atoms with Gasteiger partial charge in [0.1, 0.15) is 0 Å². The van der Waals surface area contributed by atoms with E-state index in [-0.39, 0.29) is 5.91 Å². The fourth-order valence-corrected chi connectivity index (χ4v) is 2.21. The summed E-state index contributed by atoms with van der Waals surface area (Å²) in [4.78, 5) is 12.0. The molecule has 1 aromatic heterocycles. The van der Waals surface area contributed by atoms with Crippen LogP contribution in [0.1, 0.15) is 28.1 Å². The average molecular weight is 282 g/mol. The van der Waals surface area contributed by atoms with Crippen molar-refractivity contribution in [1.29, 1.82) is 5.26 Å².